The van der Waals surface area contributed by atoms with Crippen LogP contribution in [-0.2, 0) is 21.5 Å². The topological polar surface area (TPSA) is 58.2 Å². The quantitative estimate of drug-likeness (QED) is 0.887. The second-order valence-electron chi connectivity index (χ2n) is 6.30. The number of carbonyl (C=O) groups is 2. The Balaban J connectivity index is 1.71. The van der Waals surface area contributed by atoms with Crippen LogP contribution in [0, 0.1) is 5.92 Å². The van der Waals surface area contributed by atoms with Gasteiger partial charge in [-0.15, -0.1) is 0 Å². The fourth-order valence-corrected chi connectivity index (χ4v) is 2.73. The van der Waals surface area contributed by atoms with Crippen LogP contribution in [0.25, 0.3) is 0 Å². The van der Waals surface area contributed by atoms with E-state index in [1.165, 1.54) is 6.42 Å². The number of rotatable bonds is 3. The monoisotopic (exact) mass is 272 g/mol. The van der Waals surface area contributed by atoms with Crippen molar-refractivity contribution in [3.05, 3.63) is 29.3 Å². The molecule has 0 saturated heterocycles. The molecule has 0 atom stereocenters. The zero-order chi connectivity index (χ0) is 14.3. The third-order valence-corrected chi connectivity index (χ3v) is 4.52. The lowest BCUT2D eigenvalue weighted by Gasteiger charge is -2.24. The summed E-state index contributed by atoms with van der Waals surface area (Å²) < 4.78 is 0. The molecule has 4 nitrogen and oxygen atoms in total. The highest BCUT2D eigenvalue weighted by Crippen LogP contribution is 2.37. The normalized spacial score (nSPS) is 20.0. The first-order valence-electron chi connectivity index (χ1n) is 7.21. The molecule has 1 saturated carbocycles. The third kappa shape index (κ3) is 2.09. The molecule has 4 heteroatoms. The summed E-state index contributed by atoms with van der Waals surface area (Å²) in [5.41, 5.74) is 2.44. The zero-order valence-electron chi connectivity index (χ0n) is 12.0. The maximum Gasteiger partial charge on any atom is 0.234 e. The van der Waals surface area contributed by atoms with E-state index in [4.69, 9.17) is 0 Å². The molecule has 1 heterocycles. The number of hydrogen-bond donors (Lipinski definition) is 2. The third-order valence-electron chi connectivity index (χ3n) is 4.52. The molecule has 2 aliphatic rings. The molecule has 2 amide bonds. The van der Waals surface area contributed by atoms with Gasteiger partial charge in [0.05, 0.1) is 5.41 Å². The SMILES string of the molecule is CC1(C)C(=O)Nc2ccc(CNC(=O)C3CCC3)cc21. The minimum Gasteiger partial charge on any atom is -0.352 e. The molecule has 2 N–H and O–H groups in total. The highest BCUT2D eigenvalue weighted by Gasteiger charge is 2.38. The van der Waals surface area contributed by atoms with Gasteiger partial charge in [0, 0.05) is 18.2 Å². The Kier molecular flexibility index (Phi) is 3.04. The number of nitrogens with one attached hydrogen (secondary N) is 2. The number of carbonyl (C=O) groups excluding carboxylic acids is 2. The number of benzene rings is 1. The summed E-state index contributed by atoms with van der Waals surface area (Å²) in [5.74, 6) is 0.400. The lowest BCUT2D eigenvalue weighted by molar-refractivity contribution is -0.127. The molecule has 1 fully saturated rings. The molecule has 1 aliphatic heterocycles. The molecule has 20 heavy (non-hydrogen) atoms. The lowest BCUT2D eigenvalue weighted by Crippen LogP contribution is -2.34. The van der Waals surface area contributed by atoms with Gasteiger partial charge in [-0.1, -0.05) is 18.6 Å². The second kappa shape index (κ2) is 4.62. The van der Waals surface area contributed by atoms with Crippen molar-refractivity contribution in [2.24, 2.45) is 5.92 Å². The van der Waals surface area contributed by atoms with Crippen LogP contribution in [0.1, 0.15) is 44.2 Å². The van der Waals surface area contributed by atoms with Crippen molar-refractivity contribution < 1.29 is 9.59 Å². The van der Waals surface area contributed by atoms with Crippen molar-refractivity contribution in [2.75, 3.05) is 5.32 Å². The van der Waals surface area contributed by atoms with E-state index in [1.54, 1.807) is 0 Å². The molecule has 3 rings (SSSR count). The Morgan fingerprint density at radius 1 is 1.40 bits per heavy atom. The summed E-state index contributed by atoms with van der Waals surface area (Å²) in [7, 11) is 0. The van der Waals surface area contributed by atoms with Gasteiger partial charge >= 0.3 is 0 Å². The van der Waals surface area contributed by atoms with E-state index in [2.05, 4.69) is 10.6 Å². The van der Waals surface area contributed by atoms with Gasteiger partial charge in [0.25, 0.3) is 0 Å². The van der Waals surface area contributed by atoms with Crippen molar-refractivity contribution in [2.45, 2.75) is 45.1 Å². The Labute approximate surface area is 118 Å². The lowest BCUT2D eigenvalue weighted by atomic mass is 9.84. The summed E-state index contributed by atoms with van der Waals surface area (Å²) in [5, 5.41) is 5.88. The molecule has 0 unspecified atom stereocenters. The van der Waals surface area contributed by atoms with E-state index < -0.39 is 5.41 Å². The Morgan fingerprint density at radius 3 is 2.80 bits per heavy atom. The molecule has 0 radical (unpaired) electrons. The Morgan fingerprint density at radius 2 is 2.15 bits per heavy atom. The maximum absolute atomic E-state index is 11.9. The Bertz CT molecular complexity index is 574. The summed E-state index contributed by atoms with van der Waals surface area (Å²) >= 11 is 0. The maximum atomic E-state index is 11.9. The average Bonchev–Trinajstić information content (AvgIpc) is 2.56. The van der Waals surface area contributed by atoms with Gasteiger partial charge in [-0.3, -0.25) is 9.59 Å². The summed E-state index contributed by atoms with van der Waals surface area (Å²) in [4.78, 5) is 23.7. The van der Waals surface area contributed by atoms with Crippen LogP contribution in [0.15, 0.2) is 18.2 Å². The minimum absolute atomic E-state index is 0.0307. The molecule has 1 aromatic rings. The molecule has 0 spiro atoms. The average molecular weight is 272 g/mol. The van der Waals surface area contributed by atoms with Crippen LogP contribution in [0.4, 0.5) is 5.69 Å². The van der Waals surface area contributed by atoms with Gasteiger partial charge in [0.15, 0.2) is 0 Å². The molecule has 0 bridgehead atoms. The van der Waals surface area contributed by atoms with Gasteiger partial charge in [0.2, 0.25) is 11.8 Å². The van der Waals surface area contributed by atoms with Crippen LogP contribution >= 0.6 is 0 Å². The van der Waals surface area contributed by atoms with E-state index in [1.807, 2.05) is 32.0 Å². The van der Waals surface area contributed by atoms with E-state index >= 15 is 0 Å². The first-order valence-corrected chi connectivity index (χ1v) is 7.21. The second-order valence-corrected chi connectivity index (χ2v) is 6.30. The van der Waals surface area contributed by atoms with E-state index in [0.29, 0.717) is 6.54 Å². The van der Waals surface area contributed by atoms with Crippen LogP contribution in [0.3, 0.4) is 0 Å². The van der Waals surface area contributed by atoms with Gasteiger partial charge in [-0.05, 0) is 43.9 Å². The smallest absolute Gasteiger partial charge is 0.234 e. The predicted octanol–water partition coefficient (Wildman–Crippen LogP) is 2.33. The van der Waals surface area contributed by atoms with Crippen molar-refractivity contribution in [1.29, 1.82) is 0 Å². The fourth-order valence-electron chi connectivity index (χ4n) is 2.73. The minimum atomic E-state index is -0.497. The van der Waals surface area contributed by atoms with Crippen LogP contribution in [0.5, 0.6) is 0 Å². The zero-order valence-corrected chi connectivity index (χ0v) is 12.0. The van der Waals surface area contributed by atoms with Gasteiger partial charge in [-0.25, -0.2) is 0 Å². The summed E-state index contributed by atoms with van der Waals surface area (Å²) in [6.45, 7) is 4.38. The van der Waals surface area contributed by atoms with Gasteiger partial charge < -0.3 is 10.6 Å². The van der Waals surface area contributed by atoms with E-state index in [0.717, 1.165) is 29.7 Å². The van der Waals surface area contributed by atoms with Crippen molar-refractivity contribution >= 4 is 17.5 Å². The highest BCUT2D eigenvalue weighted by molar-refractivity contribution is 6.05. The molecular formula is C16H20N2O2. The molecular weight excluding hydrogens is 252 g/mol. The molecule has 106 valence electrons. The van der Waals surface area contributed by atoms with Crippen molar-refractivity contribution in [3.63, 3.8) is 0 Å². The first-order chi connectivity index (χ1) is 9.48. The highest BCUT2D eigenvalue weighted by atomic mass is 16.2. The first kappa shape index (κ1) is 13.2. The van der Waals surface area contributed by atoms with Crippen LogP contribution in [-0.4, -0.2) is 11.8 Å². The molecule has 1 aromatic carbocycles. The van der Waals surface area contributed by atoms with Crippen molar-refractivity contribution in [3.8, 4) is 0 Å². The largest absolute Gasteiger partial charge is 0.352 e. The molecule has 0 aromatic heterocycles. The Hall–Kier alpha value is -1.84. The number of hydrogen-bond acceptors (Lipinski definition) is 2. The fraction of sp³-hybridized carbons (Fsp3) is 0.500. The van der Waals surface area contributed by atoms with Gasteiger partial charge in [-0.2, -0.15) is 0 Å². The van der Waals surface area contributed by atoms with Gasteiger partial charge in [0.1, 0.15) is 0 Å². The standard InChI is InChI=1S/C16H20N2O2/c1-16(2)12-8-10(6-7-13(12)18-15(16)20)9-17-14(19)11-4-3-5-11/h6-8,11H,3-5,9H2,1-2H3,(H,17,19)(H,18,20). The summed E-state index contributed by atoms with van der Waals surface area (Å²) in [6.07, 6.45) is 3.20. The van der Waals surface area contributed by atoms with E-state index in [9.17, 15) is 9.59 Å². The summed E-state index contributed by atoms with van der Waals surface area (Å²) in [6, 6.07) is 5.91. The number of anilines is 1. The van der Waals surface area contributed by atoms with Crippen LogP contribution < -0.4 is 10.6 Å². The number of fused-ring (bicyclic) bond motifs is 1. The molecule has 1 aliphatic carbocycles. The predicted molar refractivity (Wildman–Crippen MR) is 77.3 cm³/mol. The van der Waals surface area contributed by atoms with Crippen molar-refractivity contribution in [1.82, 2.24) is 5.32 Å². The van der Waals surface area contributed by atoms with Crippen LogP contribution in [0.2, 0.25) is 0 Å². The van der Waals surface area contributed by atoms with E-state index in [-0.39, 0.29) is 17.7 Å². The number of amides is 2.